The van der Waals surface area contributed by atoms with E-state index < -0.39 is 40.0 Å². The van der Waals surface area contributed by atoms with E-state index in [-0.39, 0.29) is 6.42 Å². The smallest absolute Gasteiger partial charge is 0.267 e. The number of unbranched alkanes of at least 4 members (excludes halogenated alkanes) is 26. The summed E-state index contributed by atoms with van der Waals surface area (Å²) >= 11 is 0. The fourth-order valence-corrected chi connectivity index (χ4v) is 7.28. The van der Waals surface area contributed by atoms with E-state index in [0.717, 1.165) is 44.9 Å². The lowest BCUT2D eigenvalue weighted by Gasteiger charge is -2.22. The van der Waals surface area contributed by atoms with Crippen molar-refractivity contribution in [1.29, 1.82) is 0 Å². The third-order valence-electron chi connectivity index (χ3n) is 9.90. The molecule has 0 spiro atoms. The van der Waals surface area contributed by atoms with Crippen LogP contribution in [-0.4, -0.2) is 53.1 Å². The summed E-state index contributed by atoms with van der Waals surface area (Å²) in [6, 6.07) is -1.25. The highest BCUT2D eigenvalue weighted by molar-refractivity contribution is 7.85. The Hall–Kier alpha value is -1.48. The van der Waals surface area contributed by atoms with Gasteiger partial charge in [-0.05, 0) is 44.9 Å². The number of allylic oxidation sites excluding steroid dienone is 5. The summed E-state index contributed by atoms with van der Waals surface area (Å²) in [4.78, 5) is 12.6. The van der Waals surface area contributed by atoms with E-state index in [0.29, 0.717) is 12.8 Å². The van der Waals surface area contributed by atoms with Gasteiger partial charge in [-0.15, -0.1) is 0 Å². The van der Waals surface area contributed by atoms with Crippen molar-refractivity contribution in [3.05, 3.63) is 36.5 Å². The number of aliphatic hydroxyl groups excluding tert-OH is 2. The minimum absolute atomic E-state index is 0.274. The number of amides is 1. The van der Waals surface area contributed by atoms with Gasteiger partial charge >= 0.3 is 0 Å². The summed E-state index contributed by atoms with van der Waals surface area (Å²) < 4.78 is 32.5. The summed E-state index contributed by atoms with van der Waals surface area (Å²) in [6.07, 6.45) is 46.4. The first kappa shape index (κ1) is 50.5. The van der Waals surface area contributed by atoms with Gasteiger partial charge in [0.05, 0.1) is 17.9 Å². The number of carbonyl (C=O) groups is 1. The Kier molecular flexibility index (Phi) is 36.7. The number of aliphatic hydroxyl groups is 2. The highest BCUT2D eigenvalue weighted by atomic mass is 32.2. The van der Waals surface area contributed by atoms with Crippen LogP contribution in [0.1, 0.15) is 213 Å². The Labute approximate surface area is 321 Å². The second-order valence-electron chi connectivity index (χ2n) is 15.1. The maximum absolute atomic E-state index is 12.6. The molecule has 0 aromatic carbocycles. The van der Waals surface area contributed by atoms with Crippen molar-refractivity contribution in [2.45, 2.75) is 231 Å². The minimum Gasteiger partial charge on any atom is -0.387 e. The van der Waals surface area contributed by atoms with Crippen LogP contribution in [0.5, 0.6) is 0 Å². The third kappa shape index (κ3) is 36.9. The molecule has 0 radical (unpaired) electrons. The van der Waals surface area contributed by atoms with Crippen LogP contribution in [0.15, 0.2) is 36.5 Å². The fraction of sp³-hybridized carbons (Fsp3) is 0.841. The molecule has 1 amide bonds. The maximum Gasteiger partial charge on any atom is 0.267 e. The number of carbonyl (C=O) groups excluding carboxylic acids is 1. The maximum atomic E-state index is 12.6. The molecule has 0 aliphatic heterocycles. The first-order valence-electron chi connectivity index (χ1n) is 21.8. The third-order valence-corrected chi connectivity index (χ3v) is 10.7. The highest BCUT2D eigenvalue weighted by Crippen LogP contribution is 2.16. The molecule has 0 saturated carbocycles. The van der Waals surface area contributed by atoms with E-state index in [1.54, 1.807) is 6.08 Å². The Bertz CT molecular complexity index is 979. The molecular formula is C44H83NO6S. The molecule has 4 N–H and O–H groups in total. The molecule has 0 aromatic rings. The minimum atomic E-state index is -4.45. The second-order valence-corrected chi connectivity index (χ2v) is 16.6. The molecule has 0 rings (SSSR count). The van der Waals surface area contributed by atoms with Gasteiger partial charge in [0.25, 0.3) is 10.1 Å². The first-order chi connectivity index (χ1) is 25.2. The van der Waals surface area contributed by atoms with Gasteiger partial charge in [-0.25, -0.2) is 0 Å². The van der Waals surface area contributed by atoms with Gasteiger partial charge in [-0.3, -0.25) is 9.35 Å². The molecule has 3 unspecified atom stereocenters. The quantitative estimate of drug-likeness (QED) is 0.0281. The molecule has 52 heavy (non-hydrogen) atoms. The normalized spacial score (nSPS) is 14.2. The van der Waals surface area contributed by atoms with E-state index in [1.165, 1.54) is 141 Å². The lowest BCUT2D eigenvalue weighted by atomic mass is 10.0. The molecule has 0 aromatic heterocycles. The number of hydrogen-bond donors (Lipinski definition) is 4. The molecule has 3 atom stereocenters. The Morgan fingerprint density at radius 3 is 1.27 bits per heavy atom. The molecule has 0 bridgehead atoms. The van der Waals surface area contributed by atoms with Crippen molar-refractivity contribution in [2.75, 3.05) is 5.75 Å². The van der Waals surface area contributed by atoms with E-state index in [2.05, 4.69) is 43.5 Å². The van der Waals surface area contributed by atoms with Gasteiger partial charge in [0.15, 0.2) is 0 Å². The first-order valence-corrected chi connectivity index (χ1v) is 23.4. The SMILES string of the molecule is CCCCC/C=C/CC/C=C/CC/C=C/C(O)C(CS(=O)(=O)O)NC(=O)C(O)CCCCCCCCCCCCCCCCCCCCCCCC. The molecule has 0 aliphatic rings. The van der Waals surface area contributed by atoms with Gasteiger partial charge < -0.3 is 15.5 Å². The topological polar surface area (TPSA) is 124 Å². The van der Waals surface area contributed by atoms with Crippen LogP contribution in [0.25, 0.3) is 0 Å². The molecule has 0 heterocycles. The summed E-state index contributed by atoms with van der Waals surface area (Å²) in [5.41, 5.74) is 0. The summed E-state index contributed by atoms with van der Waals surface area (Å²) in [5.74, 6) is -1.56. The Morgan fingerprint density at radius 2 is 0.865 bits per heavy atom. The highest BCUT2D eigenvalue weighted by Gasteiger charge is 2.27. The largest absolute Gasteiger partial charge is 0.387 e. The predicted molar refractivity (Wildman–Crippen MR) is 222 cm³/mol. The van der Waals surface area contributed by atoms with E-state index in [9.17, 15) is 28.0 Å². The lowest BCUT2D eigenvalue weighted by Crippen LogP contribution is -2.50. The van der Waals surface area contributed by atoms with Crippen molar-refractivity contribution in [2.24, 2.45) is 0 Å². The van der Waals surface area contributed by atoms with Crippen LogP contribution in [0.4, 0.5) is 0 Å². The molecule has 8 heteroatoms. The molecular weight excluding hydrogens is 671 g/mol. The molecule has 0 aliphatic carbocycles. The lowest BCUT2D eigenvalue weighted by molar-refractivity contribution is -0.130. The number of nitrogens with one attached hydrogen (secondary N) is 1. The standard InChI is InChI=1S/C44H83NO6S/c1-3-5-7-9-11-13-15-17-18-19-20-21-22-23-24-25-27-29-31-33-35-37-39-43(47)44(48)45-41(40-52(49,50)51)42(46)38-36-34-32-30-28-26-16-14-12-10-8-6-4-2/h12,14,28,30,36,38,41-43,46-47H,3-11,13,15-27,29,31-35,37,39-40H2,1-2H3,(H,45,48)(H,49,50,51)/b14-12+,30-28+,38-36+. The van der Waals surface area contributed by atoms with Crippen LogP contribution in [0.3, 0.4) is 0 Å². The molecule has 0 saturated heterocycles. The van der Waals surface area contributed by atoms with Crippen molar-refractivity contribution < 1.29 is 28.0 Å². The van der Waals surface area contributed by atoms with Crippen LogP contribution in [0, 0.1) is 0 Å². The number of hydrogen-bond acceptors (Lipinski definition) is 5. The number of rotatable bonds is 39. The van der Waals surface area contributed by atoms with Gasteiger partial charge in [-0.2, -0.15) is 8.42 Å². The van der Waals surface area contributed by atoms with Crippen molar-refractivity contribution in [1.82, 2.24) is 5.32 Å². The van der Waals surface area contributed by atoms with E-state index in [1.807, 2.05) is 0 Å². The fourth-order valence-electron chi connectivity index (χ4n) is 6.55. The molecule has 7 nitrogen and oxygen atoms in total. The zero-order valence-corrected chi connectivity index (χ0v) is 34.6. The Morgan fingerprint density at radius 1 is 0.519 bits per heavy atom. The van der Waals surface area contributed by atoms with Gasteiger partial charge in [0.2, 0.25) is 5.91 Å². The van der Waals surface area contributed by atoms with Crippen LogP contribution in [-0.2, 0) is 14.9 Å². The van der Waals surface area contributed by atoms with Crippen molar-refractivity contribution in [3.63, 3.8) is 0 Å². The average Bonchev–Trinajstić information content (AvgIpc) is 3.11. The van der Waals surface area contributed by atoms with E-state index >= 15 is 0 Å². The Balaban J connectivity index is 3.95. The zero-order valence-electron chi connectivity index (χ0n) is 33.8. The van der Waals surface area contributed by atoms with Crippen LogP contribution < -0.4 is 5.32 Å². The van der Waals surface area contributed by atoms with Gasteiger partial charge in [-0.1, -0.05) is 204 Å². The van der Waals surface area contributed by atoms with Gasteiger partial charge in [0, 0.05) is 0 Å². The monoisotopic (exact) mass is 754 g/mol. The van der Waals surface area contributed by atoms with Crippen LogP contribution in [0.2, 0.25) is 0 Å². The predicted octanol–water partition coefficient (Wildman–Crippen LogP) is 11.9. The van der Waals surface area contributed by atoms with Crippen molar-refractivity contribution in [3.8, 4) is 0 Å². The van der Waals surface area contributed by atoms with Gasteiger partial charge in [0.1, 0.15) is 6.10 Å². The summed E-state index contributed by atoms with van der Waals surface area (Å²) in [7, 11) is -4.45. The zero-order chi connectivity index (χ0) is 38.4. The average molecular weight is 754 g/mol. The van der Waals surface area contributed by atoms with Crippen LogP contribution >= 0.6 is 0 Å². The molecule has 306 valence electrons. The van der Waals surface area contributed by atoms with Crippen molar-refractivity contribution >= 4 is 16.0 Å². The summed E-state index contributed by atoms with van der Waals surface area (Å²) in [6.45, 7) is 4.48. The summed E-state index contributed by atoms with van der Waals surface area (Å²) in [5, 5.41) is 23.4. The van der Waals surface area contributed by atoms with E-state index in [4.69, 9.17) is 0 Å². The second kappa shape index (κ2) is 37.8. The molecule has 0 fully saturated rings.